The third-order valence-corrected chi connectivity index (χ3v) is 28.4. The lowest BCUT2D eigenvalue weighted by molar-refractivity contribution is 0.140. The molecule has 5 aliphatic carbocycles. The van der Waals surface area contributed by atoms with Crippen LogP contribution < -0.4 is 24.2 Å². The van der Waals surface area contributed by atoms with Crippen LogP contribution in [0, 0.1) is 45.4 Å². The van der Waals surface area contributed by atoms with Crippen molar-refractivity contribution in [3.8, 4) is 0 Å². The zero-order valence-corrected chi connectivity index (χ0v) is 78.5. The fourth-order valence-electron chi connectivity index (χ4n) is 17.5. The Bertz CT molecular complexity index is 4220. The van der Waals surface area contributed by atoms with Crippen LogP contribution in [-0.4, -0.2) is 181 Å². The number of hydrogen-bond donors (Lipinski definition) is 7. The molecule has 4 saturated heterocycles. The average molecular weight is 1850 g/mol. The number of allylic oxidation sites excluding steroid dienone is 15. The maximum atomic E-state index is 13.2. The van der Waals surface area contributed by atoms with E-state index in [1.165, 1.54) is 152 Å². The van der Waals surface area contributed by atoms with Gasteiger partial charge in [0, 0.05) is 118 Å². The van der Waals surface area contributed by atoms with Crippen LogP contribution in [0.4, 0.5) is 8.78 Å². The zero-order chi connectivity index (χ0) is 82.2. The summed E-state index contributed by atoms with van der Waals surface area (Å²) in [7, 11) is 0. The molecule has 12 aliphatic rings. The number of piperidine rings is 1. The van der Waals surface area contributed by atoms with E-state index < -0.39 is 6.17 Å². The van der Waals surface area contributed by atoms with Gasteiger partial charge in [-0.05, 0) is 285 Å². The number of likely N-dealkylation sites (tertiary alicyclic amines) is 3. The van der Waals surface area contributed by atoms with Gasteiger partial charge >= 0.3 is 0 Å². The summed E-state index contributed by atoms with van der Waals surface area (Å²) in [6.07, 6.45) is 60.8. The number of fused-ring (bicyclic) bond motifs is 11. The van der Waals surface area contributed by atoms with E-state index in [9.17, 15) is 13.9 Å². The van der Waals surface area contributed by atoms with Gasteiger partial charge in [-0.1, -0.05) is 185 Å². The van der Waals surface area contributed by atoms with E-state index in [2.05, 4.69) is 249 Å². The molecule has 0 amide bonds. The van der Waals surface area contributed by atoms with Crippen molar-refractivity contribution in [2.24, 2.45) is 32.7 Å². The third-order valence-electron chi connectivity index (χ3n) is 23.8. The van der Waals surface area contributed by atoms with Crippen molar-refractivity contribution >= 4 is 78.3 Å². The van der Waals surface area contributed by atoms with Gasteiger partial charge in [0.05, 0.1) is 35.9 Å². The topological polar surface area (TPSA) is 399 Å². The first-order chi connectivity index (χ1) is 57.9. The molecular formula is C99H149F2N11O10S5. The summed E-state index contributed by atoms with van der Waals surface area (Å²) in [5.74, 6) is 0.712. The fourth-order valence-corrected chi connectivity index (χ4v) is 21.4. The lowest BCUT2D eigenvalue weighted by atomic mass is 9.81. The van der Waals surface area contributed by atoms with Gasteiger partial charge in [0.2, 0.25) is 0 Å². The molecule has 23 N–H and O–H groups in total. The number of unbranched alkanes of at least 4 members (excludes halogenated alkanes) is 6. The molecule has 127 heavy (non-hydrogen) atoms. The molecular weight excluding hydrogens is 1700 g/mol. The van der Waals surface area contributed by atoms with Crippen LogP contribution in [0.25, 0.3) is 0 Å². The molecule has 16 rings (SSSR count). The largest absolute Gasteiger partial charge is 0.412 e. The number of benzene rings is 4. The Kier molecular flexibility index (Phi) is 54.7. The maximum absolute atomic E-state index is 13.2. The van der Waals surface area contributed by atoms with Gasteiger partial charge < -0.3 is 74.0 Å². The van der Waals surface area contributed by atoms with Crippen LogP contribution >= 0.6 is 59.6 Å². The lowest BCUT2D eigenvalue weighted by Gasteiger charge is -2.36. The molecule has 12 unspecified atom stereocenters. The van der Waals surface area contributed by atoms with E-state index >= 15 is 0 Å². The van der Waals surface area contributed by atoms with Gasteiger partial charge in [-0.25, -0.2) is 18.8 Å². The molecule has 0 bridgehead atoms. The Morgan fingerprint density at radius 3 is 1.40 bits per heavy atom. The number of dihydropyridines is 1. The molecule has 4 aromatic carbocycles. The van der Waals surface area contributed by atoms with Crippen molar-refractivity contribution in [3.05, 3.63) is 261 Å². The van der Waals surface area contributed by atoms with E-state index in [4.69, 9.17) is 15.1 Å². The van der Waals surface area contributed by atoms with Crippen LogP contribution in [0.5, 0.6) is 0 Å². The van der Waals surface area contributed by atoms with Crippen molar-refractivity contribution in [1.82, 2.24) is 38.9 Å². The molecule has 4 fully saturated rings. The number of aryl methyl sites for hydroxylation is 4. The summed E-state index contributed by atoms with van der Waals surface area (Å²) in [4.78, 5) is 26.8. The molecule has 7 aliphatic heterocycles. The van der Waals surface area contributed by atoms with Crippen molar-refractivity contribution in [1.29, 1.82) is 0 Å². The smallest absolute Gasteiger partial charge is 0.135 e. The highest BCUT2D eigenvalue weighted by Crippen LogP contribution is 2.50. The summed E-state index contributed by atoms with van der Waals surface area (Å²) in [6.45, 7) is 17.8. The number of aliphatic hydroxyl groups is 2. The van der Waals surface area contributed by atoms with E-state index in [1.807, 2.05) is 30.1 Å². The number of halogens is 2. The van der Waals surface area contributed by atoms with Gasteiger partial charge in [-0.15, -0.1) is 11.8 Å². The molecule has 0 aromatic heterocycles. The highest BCUT2D eigenvalue weighted by atomic mass is 32.2. The van der Waals surface area contributed by atoms with Crippen LogP contribution in [-0.2, 0) is 0 Å². The SMILES string of the molecule is C.CCC(CCCCNSc1ccc(C)cc1)N1C2=CCCC=C2C2C=CC=NC21.CCC(CCCCNSc1ccc(C)cc1)N1C2=CCCC=C2C2C=NC=NC21.Cc1ccc(SNCCCCC(CO)N2C3=CCCC=C3C3SC=CC32)cc1.Cc1ccc(SNCCCCCCO)cc1.FC1=CC2CC3=CC(F)CC=C3NC2C=C1.O.O.O.O.O.O.O.O. The fraction of sp³-hybridized carbons (Fsp3) is 0.485. The number of hydrogen-bond acceptors (Lipinski definition) is 18. The summed E-state index contributed by atoms with van der Waals surface area (Å²) >= 11 is 8.82. The van der Waals surface area contributed by atoms with Gasteiger partial charge in [-0.3, -0.25) is 23.9 Å². The number of thioether (sulfide) groups is 1. The normalized spacial score (nSPS) is 21.9. The van der Waals surface area contributed by atoms with E-state index in [-0.39, 0.29) is 94.0 Å². The predicted molar refractivity (Wildman–Crippen MR) is 536 cm³/mol. The van der Waals surface area contributed by atoms with Gasteiger partial charge in [0.15, 0.2) is 0 Å². The van der Waals surface area contributed by atoms with Gasteiger partial charge in [-0.2, -0.15) is 0 Å². The Morgan fingerprint density at radius 2 is 0.929 bits per heavy atom. The van der Waals surface area contributed by atoms with Crippen LogP contribution in [0.2, 0.25) is 0 Å². The first-order valence-electron chi connectivity index (χ1n) is 44.0. The standard InChI is InChI=1S/C25H33N3S.C24H32N4S.C23H30N2OS2.C13H13F2N.C13H21NOS.CH4.8H2O/c1-3-20(9-6-7-18-27-29-21-15-13-19(2)14-16-21)28-24-12-5-4-10-22(24)23-11-8-17-26-25(23)28;1-3-19(8-6-7-15-27-29-20-13-11-18(2)12-14-20)28-23-10-5-4-9-21(23)22-16-25-17-26-24(22)28;1-17-9-11-19(12-10-17)28-24-14-5-4-6-18(16-26)25-21-8-3-2-7-20(21)23-22(25)13-15-27-23;14-10-1-3-12-8(6-10)5-9-7-11(15)2-4-13(9)16-12;1-12-6-8-13(9-7-12)16-14-10-4-2-3-5-11-15;;;;;;;;;/h8,10-17,20,23,25,27H,3-7,9,18H2,1-2H3;9-14,16-17,19,22,24,27H,3-8,15H2,1-2H3;7-13,15,18,22-24,26H,2-6,14,16H2,1H3;1,3-4,6-8,11-12,16H,2,5H2;6-9,14-15H,2-5,10-11H2,1H3;1H4;8*1H2. The molecule has 7 heterocycles. The first kappa shape index (κ1) is 114. The van der Waals surface area contributed by atoms with E-state index in [0.29, 0.717) is 48.2 Å². The second kappa shape index (κ2) is 60.9. The van der Waals surface area contributed by atoms with Crippen molar-refractivity contribution in [2.45, 2.75) is 270 Å². The van der Waals surface area contributed by atoms with Crippen LogP contribution in [0.1, 0.15) is 191 Å². The van der Waals surface area contributed by atoms with Crippen LogP contribution in [0.15, 0.2) is 273 Å². The Morgan fingerprint density at radius 1 is 0.496 bits per heavy atom. The summed E-state index contributed by atoms with van der Waals surface area (Å²) in [5, 5.41) is 24.9. The molecule has 0 radical (unpaired) electrons. The molecule has 0 spiro atoms. The number of aliphatic imine (C=N–C) groups is 3. The Labute approximate surface area is 777 Å². The molecule has 28 heteroatoms. The van der Waals surface area contributed by atoms with Gasteiger partial charge in [0.1, 0.15) is 30.7 Å². The van der Waals surface area contributed by atoms with E-state index in [0.717, 1.165) is 108 Å². The zero-order valence-electron chi connectivity index (χ0n) is 74.4. The molecule has 4 aromatic rings. The van der Waals surface area contributed by atoms with Crippen molar-refractivity contribution in [2.75, 3.05) is 39.4 Å². The summed E-state index contributed by atoms with van der Waals surface area (Å²) in [5.41, 5.74) is 16.0. The number of alkyl halides is 1. The summed E-state index contributed by atoms with van der Waals surface area (Å²) < 4.78 is 40.2. The maximum Gasteiger partial charge on any atom is 0.135 e. The molecule has 12 atom stereocenters. The second-order valence-electron chi connectivity index (χ2n) is 32.5. The first-order valence-corrected chi connectivity index (χ1v) is 48.2. The van der Waals surface area contributed by atoms with Crippen LogP contribution in [0.3, 0.4) is 0 Å². The highest BCUT2D eigenvalue weighted by molar-refractivity contribution is 8.03. The van der Waals surface area contributed by atoms with Crippen molar-refractivity contribution in [3.63, 3.8) is 0 Å². The summed E-state index contributed by atoms with van der Waals surface area (Å²) in [6, 6.07) is 36.5. The Balaban J connectivity index is 0.000000410. The minimum absolute atomic E-state index is 0. The van der Waals surface area contributed by atoms with Crippen molar-refractivity contribution < 1.29 is 62.8 Å². The monoisotopic (exact) mass is 1850 g/mol. The molecule has 0 saturated carbocycles. The number of rotatable bonds is 35. The van der Waals surface area contributed by atoms with E-state index in [1.54, 1.807) is 66.3 Å². The highest BCUT2D eigenvalue weighted by Gasteiger charge is 2.47. The average Bonchev–Trinajstić information content (AvgIpc) is 1.60. The quantitative estimate of drug-likeness (QED) is 0.0166. The lowest BCUT2D eigenvalue weighted by Crippen LogP contribution is -2.41. The minimum atomic E-state index is -0.884. The third kappa shape index (κ3) is 33.1. The number of nitrogens with one attached hydrogen (secondary N) is 5. The number of aliphatic hydroxyl groups excluding tert-OH is 2. The minimum Gasteiger partial charge on any atom is -0.412 e. The number of nitrogens with zero attached hydrogens (tertiary/aromatic N) is 6. The molecule has 704 valence electrons. The molecule has 21 nitrogen and oxygen atoms in total. The second-order valence-corrected chi connectivity index (χ2v) is 37.4. The van der Waals surface area contributed by atoms with Gasteiger partial charge in [0.25, 0.3) is 0 Å². The predicted octanol–water partition coefficient (Wildman–Crippen LogP) is 16.7. The Hall–Kier alpha value is -6.98.